The monoisotopic (exact) mass is 258 g/mol. The summed E-state index contributed by atoms with van der Waals surface area (Å²) in [5.41, 5.74) is 8.22. The second-order valence-electron chi connectivity index (χ2n) is 4.83. The minimum atomic E-state index is 0.685. The van der Waals surface area contributed by atoms with E-state index in [4.69, 9.17) is 5.73 Å². The summed E-state index contributed by atoms with van der Waals surface area (Å²) in [5, 5.41) is 4.31. The standard InChI is InChI=1S/C15H22N4/c1-14-11-17-19(12-14)10-9-18(8-7-16)13-15-5-3-2-4-6-15/h2-6,11-12H,7-10,13,16H2,1H3. The van der Waals surface area contributed by atoms with Crippen LogP contribution in [0.5, 0.6) is 0 Å². The van der Waals surface area contributed by atoms with Crippen LogP contribution in [0.4, 0.5) is 0 Å². The van der Waals surface area contributed by atoms with Gasteiger partial charge in [0.2, 0.25) is 0 Å². The summed E-state index contributed by atoms with van der Waals surface area (Å²) < 4.78 is 1.99. The number of aryl methyl sites for hydroxylation is 1. The predicted molar refractivity (Wildman–Crippen MR) is 77.7 cm³/mol. The van der Waals surface area contributed by atoms with Gasteiger partial charge in [0.1, 0.15) is 0 Å². The molecular weight excluding hydrogens is 236 g/mol. The van der Waals surface area contributed by atoms with Crippen LogP contribution in [0, 0.1) is 6.92 Å². The van der Waals surface area contributed by atoms with Crippen LogP contribution in [0.2, 0.25) is 0 Å². The Morgan fingerprint density at radius 2 is 2.00 bits per heavy atom. The van der Waals surface area contributed by atoms with Gasteiger partial charge >= 0.3 is 0 Å². The SMILES string of the molecule is Cc1cnn(CCN(CCN)Cc2ccccc2)c1. The van der Waals surface area contributed by atoms with E-state index in [1.54, 1.807) is 0 Å². The van der Waals surface area contributed by atoms with Crippen molar-refractivity contribution in [3.05, 3.63) is 53.9 Å². The number of nitrogens with two attached hydrogens (primary N) is 1. The van der Waals surface area contributed by atoms with Gasteiger partial charge < -0.3 is 5.73 Å². The van der Waals surface area contributed by atoms with Gasteiger partial charge in [-0.15, -0.1) is 0 Å². The van der Waals surface area contributed by atoms with Crippen LogP contribution in [0.25, 0.3) is 0 Å². The molecule has 2 rings (SSSR count). The minimum Gasteiger partial charge on any atom is -0.329 e. The summed E-state index contributed by atoms with van der Waals surface area (Å²) in [6.45, 7) is 6.47. The second kappa shape index (κ2) is 7.07. The lowest BCUT2D eigenvalue weighted by molar-refractivity contribution is 0.257. The molecule has 1 aromatic carbocycles. The van der Waals surface area contributed by atoms with Crippen molar-refractivity contribution in [2.45, 2.75) is 20.0 Å². The Labute approximate surface area is 114 Å². The molecule has 0 fully saturated rings. The zero-order valence-electron chi connectivity index (χ0n) is 11.5. The number of hydrogen-bond acceptors (Lipinski definition) is 3. The van der Waals surface area contributed by atoms with Crippen LogP contribution >= 0.6 is 0 Å². The Bertz CT molecular complexity index is 478. The summed E-state index contributed by atoms with van der Waals surface area (Å²) in [6.07, 6.45) is 3.97. The van der Waals surface area contributed by atoms with Crippen LogP contribution in [0.15, 0.2) is 42.7 Å². The molecule has 1 aromatic heterocycles. The molecule has 19 heavy (non-hydrogen) atoms. The maximum atomic E-state index is 5.69. The molecular formula is C15H22N4. The first-order valence-electron chi connectivity index (χ1n) is 6.73. The van der Waals surface area contributed by atoms with Gasteiger partial charge in [-0.25, -0.2) is 0 Å². The molecule has 0 saturated carbocycles. The van der Waals surface area contributed by atoms with Crippen molar-refractivity contribution < 1.29 is 0 Å². The molecule has 0 aliphatic rings. The molecule has 2 N–H and O–H groups in total. The van der Waals surface area contributed by atoms with Gasteiger partial charge in [-0.3, -0.25) is 9.58 Å². The lowest BCUT2D eigenvalue weighted by Gasteiger charge is -2.21. The zero-order chi connectivity index (χ0) is 13.5. The maximum absolute atomic E-state index is 5.69. The molecule has 0 aliphatic heterocycles. The predicted octanol–water partition coefficient (Wildman–Crippen LogP) is 1.65. The number of nitrogens with zero attached hydrogens (tertiary/aromatic N) is 3. The topological polar surface area (TPSA) is 47.1 Å². The lowest BCUT2D eigenvalue weighted by Crippen LogP contribution is -2.32. The van der Waals surface area contributed by atoms with Crippen LogP contribution < -0.4 is 5.73 Å². The molecule has 1 heterocycles. The highest BCUT2D eigenvalue weighted by Crippen LogP contribution is 2.04. The summed E-state index contributed by atoms with van der Waals surface area (Å²) in [7, 11) is 0. The van der Waals surface area contributed by atoms with Crippen molar-refractivity contribution >= 4 is 0 Å². The number of hydrogen-bond donors (Lipinski definition) is 1. The fourth-order valence-corrected chi connectivity index (χ4v) is 2.13. The van der Waals surface area contributed by atoms with Crippen LogP contribution in [0.3, 0.4) is 0 Å². The van der Waals surface area contributed by atoms with Crippen molar-refractivity contribution in [2.24, 2.45) is 5.73 Å². The van der Waals surface area contributed by atoms with Gasteiger partial charge in [0.05, 0.1) is 12.7 Å². The van der Waals surface area contributed by atoms with E-state index in [9.17, 15) is 0 Å². The smallest absolute Gasteiger partial charge is 0.0536 e. The van der Waals surface area contributed by atoms with E-state index in [1.807, 2.05) is 16.9 Å². The van der Waals surface area contributed by atoms with E-state index in [-0.39, 0.29) is 0 Å². The third-order valence-corrected chi connectivity index (χ3v) is 3.10. The Morgan fingerprint density at radius 1 is 1.21 bits per heavy atom. The number of rotatable bonds is 7. The average Bonchev–Trinajstić information content (AvgIpc) is 2.83. The van der Waals surface area contributed by atoms with Crippen LogP contribution in [0.1, 0.15) is 11.1 Å². The normalized spacial score (nSPS) is 11.1. The molecule has 0 aliphatic carbocycles. The summed E-state index contributed by atoms with van der Waals surface area (Å²) >= 11 is 0. The largest absolute Gasteiger partial charge is 0.329 e. The fourth-order valence-electron chi connectivity index (χ4n) is 2.13. The van der Waals surface area contributed by atoms with E-state index in [0.717, 1.165) is 26.2 Å². The highest BCUT2D eigenvalue weighted by Gasteiger charge is 2.05. The van der Waals surface area contributed by atoms with Crippen LogP contribution in [-0.4, -0.2) is 34.3 Å². The van der Waals surface area contributed by atoms with Crippen molar-refractivity contribution in [3.8, 4) is 0 Å². The summed E-state index contributed by atoms with van der Waals surface area (Å²) in [6, 6.07) is 10.5. The first-order chi connectivity index (χ1) is 9.28. The third-order valence-electron chi connectivity index (χ3n) is 3.10. The molecule has 0 bridgehead atoms. The molecule has 4 nitrogen and oxygen atoms in total. The Balaban J connectivity index is 1.89. The molecule has 0 radical (unpaired) electrons. The Morgan fingerprint density at radius 3 is 2.63 bits per heavy atom. The third kappa shape index (κ3) is 4.50. The zero-order valence-corrected chi connectivity index (χ0v) is 11.5. The van der Waals surface area contributed by atoms with Gasteiger partial charge in [0.15, 0.2) is 0 Å². The van der Waals surface area contributed by atoms with Crippen molar-refractivity contribution in [2.75, 3.05) is 19.6 Å². The van der Waals surface area contributed by atoms with Gasteiger partial charge in [0.25, 0.3) is 0 Å². The van der Waals surface area contributed by atoms with Gasteiger partial charge in [-0.1, -0.05) is 30.3 Å². The average molecular weight is 258 g/mol. The Kier molecular flexibility index (Phi) is 5.12. The maximum Gasteiger partial charge on any atom is 0.0536 e. The first-order valence-corrected chi connectivity index (χ1v) is 6.73. The summed E-state index contributed by atoms with van der Waals surface area (Å²) in [4.78, 5) is 2.37. The van der Waals surface area contributed by atoms with E-state index in [2.05, 4.69) is 47.4 Å². The van der Waals surface area contributed by atoms with Crippen molar-refractivity contribution in [1.29, 1.82) is 0 Å². The minimum absolute atomic E-state index is 0.685. The molecule has 102 valence electrons. The molecule has 0 unspecified atom stereocenters. The lowest BCUT2D eigenvalue weighted by atomic mass is 10.2. The van der Waals surface area contributed by atoms with Gasteiger partial charge in [-0.05, 0) is 18.1 Å². The highest BCUT2D eigenvalue weighted by molar-refractivity contribution is 5.14. The summed E-state index contributed by atoms with van der Waals surface area (Å²) in [5.74, 6) is 0. The molecule has 0 saturated heterocycles. The van der Waals surface area contributed by atoms with Crippen molar-refractivity contribution in [3.63, 3.8) is 0 Å². The molecule has 0 amide bonds. The van der Waals surface area contributed by atoms with Crippen LogP contribution in [-0.2, 0) is 13.1 Å². The molecule has 0 spiro atoms. The van der Waals surface area contributed by atoms with Gasteiger partial charge in [-0.2, -0.15) is 5.10 Å². The second-order valence-corrected chi connectivity index (χ2v) is 4.83. The molecule has 0 atom stereocenters. The van der Waals surface area contributed by atoms with E-state index in [0.29, 0.717) is 6.54 Å². The first kappa shape index (κ1) is 13.8. The Hall–Kier alpha value is -1.65. The van der Waals surface area contributed by atoms with E-state index in [1.165, 1.54) is 11.1 Å². The van der Waals surface area contributed by atoms with Crippen molar-refractivity contribution in [1.82, 2.24) is 14.7 Å². The number of aromatic nitrogens is 2. The quantitative estimate of drug-likeness (QED) is 0.821. The molecule has 2 aromatic rings. The number of benzene rings is 1. The van der Waals surface area contributed by atoms with E-state index >= 15 is 0 Å². The van der Waals surface area contributed by atoms with Gasteiger partial charge in [0, 0.05) is 32.4 Å². The van der Waals surface area contributed by atoms with E-state index < -0.39 is 0 Å². The highest BCUT2D eigenvalue weighted by atomic mass is 15.3. The molecule has 4 heteroatoms. The fraction of sp³-hybridized carbons (Fsp3) is 0.400.